The van der Waals surface area contributed by atoms with Gasteiger partial charge in [0.2, 0.25) is 12.6 Å². The summed E-state index contributed by atoms with van der Waals surface area (Å²) in [5.74, 6) is -7.32. The van der Waals surface area contributed by atoms with Crippen LogP contribution in [0.3, 0.4) is 0 Å². The second kappa shape index (κ2) is 19.4. The summed E-state index contributed by atoms with van der Waals surface area (Å²) in [5, 5.41) is 147. The fourth-order valence-electron chi connectivity index (χ4n) is 6.79. The molecule has 10 atom stereocenters. The molecule has 2 saturated heterocycles. The highest BCUT2D eigenvalue weighted by Gasteiger charge is 2.46. The molecular formula is C43H44O20. The molecular weight excluding hydrogens is 836 g/mol. The van der Waals surface area contributed by atoms with Gasteiger partial charge < -0.3 is 90.4 Å². The molecule has 0 aliphatic carbocycles. The lowest BCUT2D eigenvalue weighted by Gasteiger charge is -2.39. The van der Waals surface area contributed by atoms with Gasteiger partial charge in [-0.3, -0.25) is 9.59 Å². The molecule has 2 aliphatic heterocycles. The van der Waals surface area contributed by atoms with Crippen LogP contribution in [0.4, 0.5) is 0 Å². The lowest BCUT2D eigenvalue weighted by atomic mass is 9.93. The van der Waals surface area contributed by atoms with Crippen LogP contribution in [0.2, 0.25) is 0 Å². The van der Waals surface area contributed by atoms with Crippen molar-refractivity contribution in [3.63, 3.8) is 0 Å². The highest BCUT2D eigenvalue weighted by Crippen LogP contribution is 2.46. The van der Waals surface area contributed by atoms with Crippen LogP contribution in [-0.2, 0) is 15.9 Å². The van der Waals surface area contributed by atoms with Crippen molar-refractivity contribution in [1.29, 1.82) is 0 Å². The van der Waals surface area contributed by atoms with E-state index in [1.807, 2.05) is 0 Å². The zero-order valence-corrected chi connectivity index (χ0v) is 32.7. The lowest BCUT2D eigenvalue weighted by Crippen LogP contribution is -2.60. The Kier molecular flexibility index (Phi) is 14.2. The second-order valence-corrected chi connectivity index (χ2v) is 14.6. The highest BCUT2D eigenvalue weighted by molar-refractivity contribution is 6.12. The minimum Gasteiger partial charge on any atom is -0.508 e. The van der Waals surface area contributed by atoms with Gasteiger partial charge in [0.25, 0.3) is 0 Å². The number of benzene rings is 4. The smallest absolute Gasteiger partial charge is 0.229 e. The summed E-state index contributed by atoms with van der Waals surface area (Å²) in [4.78, 5) is 27.8. The largest absolute Gasteiger partial charge is 0.508 e. The summed E-state index contributed by atoms with van der Waals surface area (Å²) in [6.07, 6.45) is -14.6. The van der Waals surface area contributed by atoms with Crippen molar-refractivity contribution in [3.8, 4) is 46.0 Å². The molecule has 0 radical (unpaired) electrons. The van der Waals surface area contributed by atoms with E-state index in [1.165, 1.54) is 60.7 Å². The molecule has 20 nitrogen and oxygen atoms in total. The fraction of sp³-hybridized carbons (Fsp3) is 0.302. The Labute approximate surface area is 356 Å². The first-order valence-corrected chi connectivity index (χ1v) is 19.1. The van der Waals surface area contributed by atoms with Crippen molar-refractivity contribution < 1.29 is 100 Å². The number of carbonyl (C=O) groups excluding carboxylic acids is 2. The zero-order valence-electron chi connectivity index (χ0n) is 32.7. The molecule has 0 bridgehead atoms. The minimum atomic E-state index is -2.00. The monoisotopic (exact) mass is 880 g/mol. The second-order valence-electron chi connectivity index (χ2n) is 14.6. The average molecular weight is 881 g/mol. The van der Waals surface area contributed by atoms with Gasteiger partial charge in [-0.25, -0.2) is 0 Å². The number of carbonyl (C=O) groups is 2. The van der Waals surface area contributed by atoms with Gasteiger partial charge in [0, 0.05) is 29.7 Å². The molecule has 0 amide bonds. The maximum Gasteiger partial charge on any atom is 0.229 e. The number of aliphatic hydroxyl groups excluding tert-OH is 8. The van der Waals surface area contributed by atoms with Gasteiger partial charge in [-0.05, 0) is 47.5 Å². The van der Waals surface area contributed by atoms with Crippen LogP contribution in [-0.4, -0.2) is 158 Å². The molecule has 0 unspecified atom stereocenters. The first-order chi connectivity index (χ1) is 29.9. The Bertz CT molecular complexity index is 2180. The van der Waals surface area contributed by atoms with E-state index in [4.69, 9.17) is 18.9 Å². The molecule has 63 heavy (non-hydrogen) atoms. The van der Waals surface area contributed by atoms with E-state index in [1.54, 1.807) is 0 Å². The quantitative estimate of drug-likeness (QED) is 0.0569. The molecule has 4 aromatic carbocycles. The normalized spacial score (nSPS) is 26.2. The molecule has 0 spiro atoms. The maximum atomic E-state index is 13.9. The van der Waals surface area contributed by atoms with Crippen LogP contribution in [0, 0.1) is 0 Å². The van der Waals surface area contributed by atoms with Gasteiger partial charge in [-0.15, -0.1) is 0 Å². The van der Waals surface area contributed by atoms with Crippen LogP contribution >= 0.6 is 0 Å². The van der Waals surface area contributed by atoms with E-state index < -0.39 is 149 Å². The zero-order chi connectivity index (χ0) is 45.9. The first kappa shape index (κ1) is 46.2. The van der Waals surface area contributed by atoms with E-state index in [-0.39, 0.29) is 11.5 Å². The summed E-state index contributed by atoms with van der Waals surface area (Å²) >= 11 is 0. The van der Waals surface area contributed by atoms with Crippen LogP contribution in [0.1, 0.15) is 43.0 Å². The lowest BCUT2D eigenvalue weighted by molar-refractivity contribution is -0.277. The molecule has 20 heteroatoms. The number of hydrogen-bond acceptors (Lipinski definition) is 20. The Hall–Kier alpha value is -6.30. The number of aliphatic hydroxyl groups is 8. The van der Waals surface area contributed by atoms with Crippen molar-refractivity contribution in [3.05, 3.63) is 106 Å². The molecule has 6 rings (SSSR count). The van der Waals surface area contributed by atoms with Crippen LogP contribution in [0.5, 0.6) is 46.0 Å². The van der Waals surface area contributed by atoms with Gasteiger partial charge in [0.15, 0.2) is 11.6 Å². The molecule has 2 heterocycles. The molecule has 2 fully saturated rings. The van der Waals surface area contributed by atoms with E-state index in [0.29, 0.717) is 11.1 Å². The summed E-state index contributed by atoms with van der Waals surface area (Å²) in [6.45, 7) is -1.70. The average Bonchev–Trinajstić information content (AvgIpc) is 3.25. The Morgan fingerprint density at radius 1 is 0.524 bits per heavy atom. The van der Waals surface area contributed by atoms with Crippen molar-refractivity contribution in [2.24, 2.45) is 0 Å². The van der Waals surface area contributed by atoms with Gasteiger partial charge in [0.1, 0.15) is 106 Å². The number of ether oxygens (including phenoxy) is 4. The number of phenolic OH excluding ortho intramolecular Hbond substituents is 6. The summed E-state index contributed by atoms with van der Waals surface area (Å²) in [7, 11) is 0. The van der Waals surface area contributed by atoms with Gasteiger partial charge >= 0.3 is 0 Å². The number of hydrogen-bond donors (Lipinski definition) is 14. The summed E-state index contributed by atoms with van der Waals surface area (Å²) in [6, 6.07) is 12.7. The van der Waals surface area contributed by atoms with E-state index >= 15 is 0 Å². The number of aromatic hydroxyl groups is 6. The van der Waals surface area contributed by atoms with E-state index in [0.717, 1.165) is 24.3 Å². The van der Waals surface area contributed by atoms with E-state index in [2.05, 4.69) is 0 Å². The molecule has 0 saturated carbocycles. The minimum absolute atomic E-state index is 0.0762. The number of allylic oxidation sites excluding steroid dienone is 2. The fourth-order valence-corrected chi connectivity index (χ4v) is 6.79. The van der Waals surface area contributed by atoms with Crippen molar-refractivity contribution in [1.82, 2.24) is 0 Å². The van der Waals surface area contributed by atoms with Crippen LogP contribution in [0.25, 0.3) is 12.2 Å². The molecule has 336 valence electrons. The summed E-state index contributed by atoms with van der Waals surface area (Å²) in [5.41, 5.74) is -1.77. The third-order valence-electron chi connectivity index (χ3n) is 10.4. The van der Waals surface area contributed by atoms with E-state index in [9.17, 15) is 81.1 Å². The molecule has 4 aromatic rings. The van der Waals surface area contributed by atoms with Crippen molar-refractivity contribution >= 4 is 23.7 Å². The number of rotatable bonds is 14. The standard InChI is InChI=1S/C43H44O20/c44-16-30-36(54)38(56)40(58)42(62-30)60-28-14-26(50)22(34(52)32(28)24(48)11-5-18-1-7-20(46)8-2-18)13-23-27(51)15-29(61-43-41(59)39(57)37(55)31(17-45)63-43)33(35(23)53)25(49)12-6-19-3-9-21(47)10-4-19/h1-12,14-15,30-31,36-47,50-59H,13,16-17H2/b11-5+,12-6+/t30-,31-,36-,37-,38+,39+,40-,41-,42-,43-/m0/s1. The first-order valence-electron chi connectivity index (χ1n) is 19.1. The van der Waals surface area contributed by atoms with Crippen molar-refractivity contribution in [2.45, 2.75) is 67.8 Å². The van der Waals surface area contributed by atoms with Gasteiger partial charge in [0.05, 0.1) is 13.2 Å². The van der Waals surface area contributed by atoms with Gasteiger partial charge in [-0.1, -0.05) is 36.4 Å². The predicted octanol–water partition coefficient (Wildman–Crippen LogP) is -0.339. The summed E-state index contributed by atoms with van der Waals surface area (Å²) < 4.78 is 22.1. The highest BCUT2D eigenvalue weighted by atomic mass is 16.7. The van der Waals surface area contributed by atoms with Gasteiger partial charge in [-0.2, -0.15) is 0 Å². The number of phenols is 6. The maximum absolute atomic E-state index is 13.9. The molecule has 0 aromatic heterocycles. The third kappa shape index (κ3) is 9.85. The number of ketones is 2. The molecule has 2 aliphatic rings. The SMILES string of the molecule is O=C(/C=C/c1ccc(O)cc1)c1c(O[C@H]2O[C@@H](CO)[C@H](O)[C@@H](O)[C@@H]2O)cc(O)c(Cc2c(O)cc(O[C@H]3O[C@@H](CO)[C@H](O)[C@@H](O)[C@@H]3O)c(C(=O)/C=C/c3ccc(O)cc3)c2O)c1O. The van der Waals surface area contributed by atoms with Crippen LogP contribution in [0.15, 0.2) is 72.8 Å². The Balaban J connectivity index is 1.44. The van der Waals surface area contributed by atoms with Crippen molar-refractivity contribution in [2.75, 3.05) is 13.2 Å². The topological polar surface area (TPSA) is 354 Å². The Morgan fingerprint density at radius 2 is 0.873 bits per heavy atom. The predicted molar refractivity (Wildman–Crippen MR) is 214 cm³/mol. The Morgan fingerprint density at radius 3 is 1.21 bits per heavy atom. The molecule has 14 N–H and O–H groups in total. The third-order valence-corrected chi connectivity index (χ3v) is 10.4. The van der Waals surface area contributed by atoms with Crippen LogP contribution < -0.4 is 9.47 Å².